The van der Waals surface area contributed by atoms with E-state index < -0.39 is 13.7 Å². The molecule has 6 heteroatoms. The van der Waals surface area contributed by atoms with Crippen LogP contribution in [-0.4, -0.2) is 5.91 Å². The molecule has 0 spiro atoms. The summed E-state index contributed by atoms with van der Waals surface area (Å²) in [6.45, 7) is 1.92. The number of hydrogen-bond acceptors (Lipinski definition) is 4. The Bertz CT molecular complexity index is 866. The molecule has 3 rings (SSSR count). The van der Waals surface area contributed by atoms with E-state index >= 15 is 0 Å². The summed E-state index contributed by atoms with van der Waals surface area (Å²) in [6, 6.07) is 24.0. The maximum Gasteiger partial charge on any atom is 0.544 e. The van der Waals surface area contributed by atoms with Gasteiger partial charge >= 0.3 is 7.75 Å². The third kappa shape index (κ3) is 4.74. The van der Waals surface area contributed by atoms with Crippen LogP contribution in [0.3, 0.4) is 0 Å². The first-order chi connectivity index (χ1) is 12.5. The van der Waals surface area contributed by atoms with Gasteiger partial charge in [-0.15, -0.1) is 0 Å². The van der Waals surface area contributed by atoms with Crippen LogP contribution in [0.5, 0.6) is 11.5 Å². The molecule has 1 N–H and O–H groups in total. The molecule has 1 amide bonds. The SMILES string of the molecule is Cc1ccc(C(=O)NP(=O)(Oc2ccccc2)Oc2ccccc2)cc1. The van der Waals surface area contributed by atoms with Gasteiger partial charge in [-0.2, -0.15) is 0 Å². The van der Waals surface area contributed by atoms with Gasteiger partial charge in [0.05, 0.1) is 0 Å². The first-order valence-corrected chi connectivity index (χ1v) is 9.57. The topological polar surface area (TPSA) is 64.6 Å². The van der Waals surface area contributed by atoms with Crippen LogP contribution in [0.4, 0.5) is 0 Å². The van der Waals surface area contributed by atoms with Gasteiger partial charge in [-0.1, -0.05) is 54.1 Å². The number of rotatable bonds is 6. The summed E-state index contributed by atoms with van der Waals surface area (Å²) in [6.07, 6.45) is 0. The Labute approximate surface area is 152 Å². The second-order valence-corrected chi connectivity index (χ2v) is 7.20. The van der Waals surface area contributed by atoms with Gasteiger partial charge in [-0.25, -0.2) is 9.65 Å². The molecule has 26 heavy (non-hydrogen) atoms. The number of benzene rings is 3. The molecule has 3 aromatic carbocycles. The summed E-state index contributed by atoms with van der Waals surface area (Å²) in [5.74, 6) is 0.118. The van der Waals surface area contributed by atoms with Crippen molar-refractivity contribution >= 4 is 13.7 Å². The number of carbonyl (C=O) groups excluding carboxylic acids is 1. The lowest BCUT2D eigenvalue weighted by Crippen LogP contribution is -2.25. The van der Waals surface area contributed by atoms with Crippen molar-refractivity contribution in [1.82, 2.24) is 5.09 Å². The fourth-order valence-corrected chi connectivity index (χ4v) is 3.50. The maximum atomic E-state index is 13.2. The molecular formula is C20H18NO4P. The first kappa shape index (κ1) is 17.8. The van der Waals surface area contributed by atoms with Crippen molar-refractivity contribution in [2.24, 2.45) is 0 Å². The lowest BCUT2D eigenvalue weighted by Gasteiger charge is -2.20. The Morgan fingerprint density at radius 3 is 1.69 bits per heavy atom. The van der Waals surface area contributed by atoms with Crippen molar-refractivity contribution in [2.75, 3.05) is 0 Å². The summed E-state index contributed by atoms with van der Waals surface area (Å²) < 4.78 is 24.3. The van der Waals surface area contributed by atoms with Gasteiger partial charge in [0.15, 0.2) is 0 Å². The molecule has 5 nitrogen and oxygen atoms in total. The number of hydrogen-bond donors (Lipinski definition) is 1. The van der Waals surface area contributed by atoms with Gasteiger partial charge < -0.3 is 9.05 Å². The molecule has 132 valence electrons. The lowest BCUT2D eigenvalue weighted by molar-refractivity contribution is 0.0973. The van der Waals surface area contributed by atoms with Crippen LogP contribution in [0.25, 0.3) is 0 Å². The second-order valence-electron chi connectivity index (χ2n) is 5.61. The van der Waals surface area contributed by atoms with E-state index in [4.69, 9.17) is 9.05 Å². The van der Waals surface area contributed by atoms with Crippen molar-refractivity contribution in [1.29, 1.82) is 0 Å². The fraction of sp³-hybridized carbons (Fsp3) is 0.0500. The molecule has 0 bridgehead atoms. The predicted octanol–water partition coefficient (Wildman–Crippen LogP) is 4.99. The van der Waals surface area contributed by atoms with Crippen LogP contribution in [0.1, 0.15) is 15.9 Å². The predicted molar refractivity (Wildman–Crippen MR) is 100 cm³/mol. The number of amides is 1. The molecule has 0 aromatic heterocycles. The monoisotopic (exact) mass is 367 g/mol. The zero-order chi connectivity index (χ0) is 18.4. The largest absolute Gasteiger partial charge is 0.544 e. The standard InChI is InChI=1S/C20H18NO4P/c1-16-12-14-17(15-13-16)20(22)21-26(23,24-18-8-4-2-5-9-18)25-19-10-6-3-7-11-19/h2-15H,1H3,(H,21,22,23). The summed E-state index contributed by atoms with van der Waals surface area (Å²) in [4.78, 5) is 12.5. The summed E-state index contributed by atoms with van der Waals surface area (Å²) >= 11 is 0. The minimum absolute atomic E-state index is 0.330. The molecule has 0 aliphatic carbocycles. The number of nitrogens with one attached hydrogen (secondary N) is 1. The van der Waals surface area contributed by atoms with Crippen molar-refractivity contribution in [3.05, 3.63) is 96.1 Å². The number of para-hydroxylation sites is 2. The molecule has 0 unspecified atom stereocenters. The smallest absolute Gasteiger partial charge is 0.400 e. The minimum atomic E-state index is -4.00. The summed E-state index contributed by atoms with van der Waals surface area (Å²) in [7, 11) is -4.00. The third-order valence-corrected chi connectivity index (χ3v) is 4.87. The van der Waals surface area contributed by atoms with Gasteiger partial charge in [0.25, 0.3) is 5.91 Å². The fourth-order valence-electron chi connectivity index (χ4n) is 2.20. The summed E-state index contributed by atoms with van der Waals surface area (Å²) in [5, 5.41) is 2.40. The Hall–Kier alpha value is -3.04. The van der Waals surface area contributed by atoms with E-state index in [9.17, 15) is 9.36 Å². The van der Waals surface area contributed by atoms with Gasteiger partial charge in [0.2, 0.25) is 0 Å². The Morgan fingerprint density at radius 2 is 1.23 bits per heavy atom. The third-order valence-electron chi connectivity index (χ3n) is 3.49. The highest BCUT2D eigenvalue weighted by Gasteiger charge is 2.32. The van der Waals surface area contributed by atoms with E-state index in [0.717, 1.165) is 5.56 Å². The molecule has 0 fully saturated rings. The van der Waals surface area contributed by atoms with Crippen LogP contribution < -0.4 is 14.1 Å². The molecule has 0 atom stereocenters. The molecular weight excluding hydrogens is 349 g/mol. The molecule has 3 aromatic rings. The van der Waals surface area contributed by atoms with Crippen LogP contribution in [0.2, 0.25) is 0 Å². The van der Waals surface area contributed by atoms with E-state index in [1.807, 2.05) is 6.92 Å². The number of carbonyl (C=O) groups is 1. The maximum absolute atomic E-state index is 13.2. The van der Waals surface area contributed by atoms with Gasteiger partial charge in [0.1, 0.15) is 11.5 Å². The van der Waals surface area contributed by atoms with E-state index in [-0.39, 0.29) is 0 Å². The summed E-state index contributed by atoms with van der Waals surface area (Å²) in [5.41, 5.74) is 1.38. The van der Waals surface area contributed by atoms with E-state index in [0.29, 0.717) is 17.1 Å². The highest BCUT2D eigenvalue weighted by Crippen LogP contribution is 2.44. The molecule has 0 aliphatic rings. The Kier molecular flexibility index (Phi) is 5.40. The molecule has 0 saturated carbocycles. The quantitative estimate of drug-likeness (QED) is 0.623. The zero-order valence-corrected chi connectivity index (χ0v) is 15.1. The lowest BCUT2D eigenvalue weighted by atomic mass is 10.1. The molecule has 0 radical (unpaired) electrons. The zero-order valence-electron chi connectivity index (χ0n) is 14.2. The Morgan fingerprint density at radius 1 is 0.769 bits per heavy atom. The van der Waals surface area contributed by atoms with Crippen molar-refractivity contribution in [2.45, 2.75) is 6.92 Å². The highest BCUT2D eigenvalue weighted by atomic mass is 31.2. The van der Waals surface area contributed by atoms with Crippen LogP contribution in [0, 0.1) is 6.92 Å². The highest BCUT2D eigenvalue weighted by molar-refractivity contribution is 7.53. The van der Waals surface area contributed by atoms with Crippen LogP contribution in [0.15, 0.2) is 84.9 Å². The molecule has 0 saturated heterocycles. The number of aryl methyl sites for hydroxylation is 1. The van der Waals surface area contributed by atoms with Crippen molar-refractivity contribution in [3.63, 3.8) is 0 Å². The molecule has 0 heterocycles. The van der Waals surface area contributed by atoms with Crippen LogP contribution >= 0.6 is 7.75 Å². The van der Waals surface area contributed by atoms with Gasteiger partial charge in [-0.3, -0.25) is 4.79 Å². The van der Waals surface area contributed by atoms with E-state index in [1.54, 1.807) is 84.9 Å². The van der Waals surface area contributed by atoms with Crippen LogP contribution in [-0.2, 0) is 4.57 Å². The average molecular weight is 367 g/mol. The van der Waals surface area contributed by atoms with E-state index in [2.05, 4.69) is 5.09 Å². The first-order valence-electron chi connectivity index (χ1n) is 8.03. The Balaban J connectivity index is 1.85. The second kappa shape index (κ2) is 7.89. The minimum Gasteiger partial charge on any atom is -0.400 e. The average Bonchev–Trinajstić information content (AvgIpc) is 2.63. The van der Waals surface area contributed by atoms with Crippen molar-refractivity contribution < 1.29 is 18.4 Å². The van der Waals surface area contributed by atoms with E-state index in [1.165, 1.54) is 0 Å². The molecule has 0 aliphatic heterocycles. The van der Waals surface area contributed by atoms with Crippen molar-refractivity contribution in [3.8, 4) is 11.5 Å². The van der Waals surface area contributed by atoms with Gasteiger partial charge in [-0.05, 0) is 43.3 Å². The normalized spacial score (nSPS) is 10.8. The van der Waals surface area contributed by atoms with Gasteiger partial charge in [0, 0.05) is 5.56 Å².